The van der Waals surface area contributed by atoms with Crippen LogP contribution in [-0.2, 0) is 6.42 Å². The predicted octanol–water partition coefficient (Wildman–Crippen LogP) is 2.31. The van der Waals surface area contributed by atoms with Crippen LogP contribution in [-0.4, -0.2) is 41.4 Å². The maximum absolute atomic E-state index is 5.62. The van der Waals surface area contributed by atoms with Gasteiger partial charge in [-0.2, -0.15) is 4.98 Å². The Morgan fingerprint density at radius 1 is 1.20 bits per heavy atom. The molecule has 1 unspecified atom stereocenters. The van der Waals surface area contributed by atoms with E-state index in [1.807, 2.05) is 32.2 Å². The molecule has 0 bridgehead atoms. The minimum atomic E-state index is 0.250. The average Bonchev–Trinajstić information content (AvgIpc) is 3.30. The highest BCUT2D eigenvalue weighted by Crippen LogP contribution is 2.37. The molecule has 1 N–H and O–H groups in total. The molecule has 25 heavy (non-hydrogen) atoms. The van der Waals surface area contributed by atoms with Gasteiger partial charge in [0.05, 0.1) is 0 Å². The van der Waals surface area contributed by atoms with Crippen molar-refractivity contribution in [2.45, 2.75) is 19.4 Å². The highest BCUT2D eigenvalue weighted by Gasteiger charge is 2.21. The SMILES string of the molecule is CNC(C)Cc1noc(-c2ncoc2-c2ccc3c(c2)OCCO3)n1. The molecular formula is C17H18N4O4. The van der Waals surface area contributed by atoms with Crippen LogP contribution in [0.25, 0.3) is 22.9 Å². The van der Waals surface area contributed by atoms with Gasteiger partial charge in [-0.15, -0.1) is 0 Å². The first-order valence-electron chi connectivity index (χ1n) is 8.08. The molecule has 8 heteroatoms. The van der Waals surface area contributed by atoms with E-state index in [-0.39, 0.29) is 6.04 Å². The van der Waals surface area contributed by atoms with E-state index in [9.17, 15) is 0 Å². The van der Waals surface area contributed by atoms with Crippen LogP contribution in [0.3, 0.4) is 0 Å². The molecule has 1 aliphatic rings. The standard InChI is InChI=1S/C17H18N4O4/c1-10(18-2)7-14-20-17(25-21-14)15-16(24-9-19-15)11-3-4-12-13(8-11)23-6-5-22-12/h3-4,8-10,18H,5-7H2,1-2H3. The molecule has 1 aliphatic heterocycles. The molecule has 0 saturated carbocycles. The van der Waals surface area contributed by atoms with Gasteiger partial charge >= 0.3 is 0 Å². The number of nitrogens with zero attached hydrogens (tertiary/aromatic N) is 3. The number of benzene rings is 1. The van der Waals surface area contributed by atoms with E-state index in [0.29, 0.717) is 48.6 Å². The van der Waals surface area contributed by atoms with Crippen molar-refractivity contribution in [3.8, 4) is 34.4 Å². The van der Waals surface area contributed by atoms with E-state index in [2.05, 4.69) is 20.4 Å². The summed E-state index contributed by atoms with van der Waals surface area (Å²) >= 11 is 0. The van der Waals surface area contributed by atoms with Crippen LogP contribution in [0.1, 0.15) is 12.7 Å². The van der Waals surface area contributed by atoms with Gasteiger partial charge in [0.2, 0.25) is 0 Å². The number of fused-ring (bicyclic) bond motifs is 1. The number of ether oxygens (including phenoxy) is 2. The Kier molecular flexibility index (Phi) is 4.10. The molecular weight excluding hydrogens is 324 g/mol. The second kappa shape index (κ2) is 6.56. The fraction of sp³-hybridized carbons (Fsp3) is 0.353. The van der Waals surface area contributed by atoms with Gasteiger partial charge in [-0.25, -0.2) is 4.98 Å². The van der Waals surface area contributed by atoms with Crippen LogP contribution in [0, 0.1) is 0 Å². The Labute approximate surface area is 144 Å². The van der Waals surface area contributed by atoms with E-state index in [0.717, 1.165) is 11.3 Å². The summed E-state index contributed by atoms with van der Waals surface area (Å²) in [5.41, 5.74) is 1.31. The molecule has 0 fully saturated rings. The van der Waals surface area contributed by atoms with Gasteiger partial charge in [-0.05, 0) is 32.2 Å². The number of likely N-dealkylation sites (N-methyl/N-ethyl adjacent to an activating group) is 1. The Balaban J connectivity index is 1.65. The summed E-state index contributed by atoms with van der Waals surface area (Å²) in [6.07, 6.45) is 2.03. The van der Waals surface area contributed by atoms with Gasteiger partial charge in [0.1, 0.15) is 13.2 Å². The maximum atomic E-state index is 5.62. The number of nitrogens with one attached hydrogen (secondary N) is 1. The smallest absolute Gasteiger partial charge is 0.280 e. The molecule has 1 atom stereocenters. The van der Waals surface area contributed by atoms with Crippen LogP contribution in [0.2, 0.25) is 0 Å². The van der Waals surface area contributed by atoms with Crippen LogP contribution in [0.5, 0.6) is 11.5 Å². The quantitative estimate of drug-likeness (QED) is 0.755. The number of hydrogen-bond acceptors (Lipinski definition) is 8. The van der Waals surface area contributed by atoms with Crippen molar-refractivity contribution < 1.29 is 18.4 Å². The monoisotopic (exact) mass is 342 g/mol. The highest BCUT2D eigenvalue weighted by molar-refractivity contribution is 5.74. The summed E-state index contributed by atoms with van der Waals surface area (Å²) < 4.78 is 22.1. The third-order valence-electron chi connectivity index (χ3n) is 4.02. The lowest BCUT2D eigenvalue weighted by atomic mass is 10.1. The van der Waals surface area contributed by atoms with Gasteiger partial charge in [0.15, 0.2) is 35.2 Å². The molecule has 8 nitrogen and oxygen atoms in total. The van der Waals surface area contributed by atoms with Crippen molar-refractivity contribution in [1.82, 2.24) is 20.4 Å². The van der Waals surface area contributed by atoms with Gasteiger partial charge in [0.25, 0.3) is 5.89 Å². The first-order valence-corrected chi connectivity index (χ1v) is 8.08. The Hall–Kier alpha value is -2.87. The average molecular weight is 342 g/mol. The summed E-state index contributed by atoms with van der Waals surface area (Å²) in [5, 5.41) is 7.15. The normalized spacial score (nSPS) is 14.5. The van der Waals surface area contributed by atoms with E-state index < -0.39 is 0 Å². The van der Waals surface area contributed by atoms with Crippen LogP contribution >= 0.6 is 0 Å². The van der Waals surface area contributed by atoms with E-state index >= 15 is 0 Å². The molecule has 3 aromatic rings. The Bertz CT molecular complexity index is 873. The summed E-state index contributed by atoms with van der Waals surface area (Å²) in [6, 6.07) is 5.85. The summed E-state index contributed by atoms with van der Waals surface area (Å²) in [5.74, 6) is 2.90. The van der Waals surface area contributed by atoms with Crippen molar-refractivity contribution in [1.29, 1.82) is 0 Å². The second-order valence-electron chi connectivity index (χ2n) is 5.80. The molecule has 4 rings (SSSR count). The summed E-state index contributed by atoms with van der Waals surface area (Å²) in [7, 11) is 1.89. The van der Waals surface area contributed by atoms with Crippen molar-refractivity contribution in [3.63, 3.8) is 0 Å². The zero-order valence-electron chi connectivity index (χ0n) is 14.0. The number of oxazole rings is 1. The van der Waals surface area contributed by atoms with Gasteiger partial charge in [-0.1, -0.05) is 5.16 Å². The Morgan fingerprint density at radius 2 is 2.04 bits per heavy atom. The largest absolute Gasteiger partial charge is 0.486 e. The van der Waals surface area contributed by atoms with Crippen molar-refractivity contribution >= 4 is 0 Å². The van der Waals surface area contributed by atoms with E-state index in [1.165, 1.54) is 6.39 Å². The summed E-state index contributed by atoms with van der Waals surface area (Å²) in [4.78, 5) is 8.65. The number of aromatic nitrogens is 3. The van der Waals surface area contributed by atoms with Crippen LogP contribution in [0.15, 0.2) is 33.5 Å². The van der Waals surface area contributed by atoms with E-state index in [4.69, 9.17) is 18.4 Å². The first kappa shape index (κ1) is 15.6. The molecule has 0 amide bonds. The fourth-order valence-corrected chi connectivity index (χ4v) is 2.60. The number of hydrogen-bond donors (Lipinski definition) is 1. The van der Waals surface area contributed by atoms with Gasteiger partial charge < -0.3 is 23.7 Å². The molecule has 3 heterocycles. The highest BCUT2D eigenvalue weighted by atomic mass is 16.6. The van der Waals surface area contributed by atoms with Gasteiger partial charge in [-0.3, -0.25) is 0 Å². The Morgan fingerprint density at radius 3 is 2.88 bits per heavy atom. The molecule has 130 valence electrons. The summed E-state index contributed by atoms with van der Waals surface area (Å²) in [6.45, 7) is 3.12. The second-order valence-corrected chi connectivity index (χ2v) is 5.80. The van der Waals surface area contributed by atoms with E-state index in [1.54, 1.807) is 0 Å². The minimum Gasteiger partial charge on any atom is -0.486 e. The maximum Gasteiger partial charge on any atom is 0.280 e. The fourth-order valence-electron chi connectivity index (χ4n) is 2.60. The third-order valence-corrected chi connectivity index (χ3v) is 4.02. The van der Waals surface area contributed by atoms with Crippen molar-refractivity contribution in [2.24, 2.45) is 0 Å². The topological polar surface area (TPSA) is 95.4 Å². The first-order chi connectivity index (χ1) is 12.2. The molecule has 1 aromatic carbocycles. The molecule has 0 spiro atoms. The van der Waals surface area contributed by atoms with Gasteiger partial charge in [0, 0.05) is 18.0 Å². The van der Waals surface area contributed by atoms with Crippen molar-refractivity contribution in [3.05, 3.63) is 30.4 Å². The molecule has 0 saturated heterocycles. The minimum absolute atomic E-state index is 0.250. The molecule has 2 aromatic heterocycles. The lowest BCUT2D eigenvalue weighted by Gasteiger charge is -2.18. The zero-order valence-corrected chi connectivity index (χ0v) is 14.0. The lowest BCUT2D eigenvalue weighted by molar-refractivity contribution is 0.171. The van der Waals surface area contributed by atoms with Crippen LogP contribution < -0.4 is 14.8 Å². The molecule has 0 radical (unpaired) electrons. The van der Waals surface area contributed by atoms with Crippen molar-refractivity contribution in [2.75, 3.05) is 20.3 Å². The zero-order chi connectivity index (χ0) is 17.2. The number of rotatable bonds is 5. The predicted molar refractivity (Wildman–Crippen MR) is 88.4 cm³/mol. The lowest BCUT2D eigenvalue weighted by Crippen LogP contribution is -2.24. The third kappa shape index (κ3) is 3.08. The van der Waals surface area contributed by atoms with Crippen LogP contribution in [0.4, 0.5) is 0 Å². The molecule has 0 aliphatic carbocycles.